The Morgan fingerprint density at radius 3 is 2.12 bits per heavy atom. The number of para-hydroxylation sites is 1. The molecule has 9 rings (SSSR count). The number of hydrogen-bond acceptors (Lipinski definition) is 0. The van der Waals surface area contributed by atoms with Gasteiger partial charge in [-0.25, -0.2) is 0 Å². The highest BCUT2D eigenvalue weighted by Crippen LogP contribution is 2.45. The maximum absolute atomic E-state index is 9.23. The molecule has 1 heterocycles. The molecule has 186 valence electrons. The van der Waals surface area contributed by atoms with Crippen LogP contribution in [-0.4, -0.2) is 4.57 Å². The van der Waals surface area contributed by atoms with Crippen LogP contribution in [0, 0.1) is 0 Å². The molecule has 1 aromatic heterocycles. The fraction of sp³-hybridized carbons (Fsp3) is 0.0256. The zero-order valence-corrected chi connectivity index (χ0v) is 21.8. The lowest BCUT2D eigenvalue weighted by Gasteiger charge is -2.11. The van der Waals surface area contributed by atoms with Crippen molar-refractivity contribution in [1.82, 2.24) is 4.57 Å². The molecule has 7 aromatic carbocycles. The maximum Gasteiger partial charge on any atom is 0.0645 e. The van der Waals surface area contributed by atoms with Gasteiger partial charge in [-0.15, -0.1) is 0 Å². The molecule has 40 heavy (non-hydrogen) atoms. The summed E-state index contributed by atoms with van der Waals surface area (Å²) in [6, 6.07) is 45.4. The van der Waals surface area contributed by atoms with Crippen molar-refractivity contribution in [2.45, 2.75) is 6.42 Å². The van der Waals surface area contributed by atoms with Crippen LogP contribution in [0.2, 0.25) is 0 Å². The van der Waals surface area contributed by atoms with Gasteiger partial charge in [-0.1, -0.05) is 109 Å². The van der Waals surface area contributed by atoms with Crippen molar-refractivity contribution in [3.05, 3.63) is 151 Å². The Balaban J connectivity index is 1.28. The molecule has 0 saturated carbocycles. The molecule has 0 radical (unpaired) electrons. The van der Waals surface area contributed by atoms with Gasteiger partial charge in [-0.2, -0.15) is 0 Å². The lowest BCUT2D eigenvalue weighted by atomic mass is 9.97. The second-order valence-corrected chi connectivity index (χ2v) is 10.8. The van der Waals surface area contributed by atoms with E-state index in [-0.39, 0.29) is 0 Å². The summed E-state index contributed by atoms with van der Waals surface area (Å²) < 4.78 is 20.2. The molecule has 0 bridgehead atoms. The molecule has 1 heteroatoms. The van der Waals surface area contributed by atoms with Gasteiger partial charge in [0.2, 0.25) is 0 Å². The molecule has 0 aliphatic heterocycles. The SMILES string of the molecule is [2H]c1cc(-c2c([2H])ccc3ccccc23)ccc1-n1c2ccccc2c2cc3c(cc21)Cc1ccc2ccccc2c1-3. The van der Waals surface area contributed by atoms with Crippen molar-refractivity contribution in [1.29, 1.82) is 0 Å². The third kappa shape index (κ3) is 3.03. The fourth-order valence-corrected chi connectivity index (χ4v) is 6.80. The number of nitrogens with zero attached hydrogens (tertiary/aromatic N) is 1. The second-order valence-electron chi connectivity index (χ2n) is 10.8. The Kier molecular flexibility index (Phi) is 4.06. The fourth-order valence-electron chi connectivity index (χ4n) is 6.80. The largest absolute Gasteiger partial charge is 0.309 e. The number of fused-ring (bicyclic) bond motifs is 9. The van der Waals surface area contributed by atoms with E-state index in [9.17, 15) is 1.37 Å². The van der Waals surface area contributed by atoms with Crippen LogP contribution in [-0.2, 0) is 6.42 Å². The third-order valence-corrected chi connectivity index (χ3v) is 8.61. The van der Waals surface area contributed by atoms with E-state index in [1.807, 2.05) is 30.3 Å². The predicted octanol–water partition coefficient (Wildman–Crippen LogP) is 10.3. The molecule has 0 fully saturated rings. The Morgan fingerprint density at radius 1 is 0.500 bits per heavy atom. The molecule has 8 aromatic rings. The molecule has 1 aliphatic rings. The molecule has 0 amide bonds. The molecule has 1 nitrogen and oxygen atoms in total. The Bertz CT molecular complexity index is 2410. The van der Waals surface area contributed by atoms with E-state index in [0.29, 0.717) is 12.1 Å². The van der Waals surface area contributed by atoms with Gasteiger partial charge in [0.05, 0.1) is 13.8 Å². The first-order valence-electron chi connectivity index (χ1n) is 14.8. The zero-order valence-electron chi connectivity index (χ0n) is 23.8. The van der Waals surface area contributed by atoms with Crippen molar-refractivity contribution < 1.29 is 2.74 Å². The summed E-state index contributed by atoms with van der Waals surface area (Å²) in [5.41, 5.74) is 10.2. The van der Waals surface area contributed by atoms with Crippen molar-refractivity contribution in [2.75, 3.05) is 0 Å². The van der Waals surface area contributed by atoms with E-state index in [1.54, 1.807) is 0 Å². The Hall–Kier alpha value is -5.14. The average Bonchev–Trinajstić information content (AvgIpc) is 3.55. The molecule has 0 N–H and O–H groups in total. The molecular weight excluding hydrogens is 482 g/mol. The first-order valence-corrected chi connectivity index (χ1v) is 13.8. The van der Waals surface area contributed by atoms with Crippen molar-refractivity contribution in [2.24, 2.45) is 0 Å². The van der Waals surface area contributed by atoms with Crippen LogP contribution in [0.1, 0.15) is 13.9 Å². The van der Waals surface area contributed by atoms with E-state index in [0.717, 1.165) is 45.0 Å². The van der Waals surface area contributed by atoms with Crippen LogP contribution >= 0.6 is 0 Å². The van der Waals surface area contributed by atoms with E-state index < -0.39 is 0 Å². The number of hydrogen-bond donors (Lipinski definition) is 0. The lowest BCUT2D eigenvalue weighted by Crippen LogP contribution is -1.94. The van der Waals surface area contributed by atoms with Crippen molar-refractivity contribution >= 4 is 43.4 Å². The quantitative estimate of drug-likeness (QED) is 0.218. The minimum atomic E-state index is 0.442. The van der Waals surface area contributed by atoms with Gasteiger partial charge in [0.15, 0.2) is 0 Å². The van der Waals surface area contributed by atoms with Gasteiger partial charge >= 0.3 is 0 Å². The monoisotopic (exact) mass is 509 g/mol. The van der Waals surface area contributed by atoms with Crippen LogP contribution in [0.15, 0.2) is 139 Å². The van der Waals surface area contributed by atoms with Crippen LogP contribution in [0.4, 0.5) is 0 Å². The highest BCUT2D eigenvalue weighted by molar-refractivity contribution is 6.13. The van der Waals surface area contributed by atoms with Gasteiger partial charge in [0.1, 0.15) is 0 Å². The number of benzene rings is 7. The highest BCUT2D eigenvalue weighted by Gasteiger charge is 2.24. The van der Waals surface area contributed by atoms with Gasteiger partial charge in [0, 0.05) is 16.5 Å². The normalized spacial score (nSPS) is 13.1. The van der Waals surface area contributed by atoms with Crippen LogP contribution in [0.25, 0.3) is 71.3 Å². The summed E-state index contributed by atoms with van der Waals surface area (Å²) in [6.45, 7) is 0. The van der Waals surface area contributed by atoms with Gasteiger partial charge in [-0.3, -0.25) is 0 Å². The zero-order chi connectivity index (χ0) is 27.9. The summed E-state index contributed by atoms with van der Waals surface area (Å²) in [6.07, 6.45) is 0.910. The molecule has 0 unspecified atom stereocenters. The minimum absolute atomic E-state index is 0.442. The van der Waals surface area contributed by atoms with Crippen LogP contribution in [0.5, 0.6) is 0 Å². The summed E-state index contributed by atoms with van der Waals surface area (Å²) in [4.78, 5) is 0. The molecule has 0 saturated heterocycles. The standard InChI is InChI=1S/C39H25N/c1-3-11-31-25(8-1)10-7-14-32(31)27-18-20-30(21-19-27)40-37-15-6-5-13-34(37)36-24-35-29(23-38(36)40)22-28-17-16-26-9-2-4-12-33(26)39(28)35/h1-21,23-24H,22H2/i14D,20D. The Morgan fingerprint density at radius 2 is 1.25 bits per heavy atom. The first kappa shape index (κ1) is 19.9. The van der Waals surface area contributed by atoms with Crippen LogP contribution in [0.3, 0.4) is 0 Å². The van der Waals surface area contributed by atoms with Crippen LogP contribution < -0.4 is 0 Å². The maximum atomic E-state index is 9.23. The summed E-state index contributed by atoms with van der Waals surface area (Å²) >= 11 is 0. The highest BCUT2D eigenvalue weighted by atomic mass is 15.0. The number of rotatable bonds is 2. The molecule has 0 spiro atoms. The average molecular weight is 510 g/mol. The summed E-state index contributed by atoms with van der Waals surface area (Å²) in [5.74, 6) is 0. The topological polar surface area (TPSA) is 4.93 Å². The van der Waals surface area contributed by atoms with Gasteiger partial charge in [-0.05, 0) is 91.7 Å². The Labute approximate surface area is 235 Å². The van der Waals surface area contributed by atoms with E-state index >= 15 is 0 Å². The smallest absolute Gasteiger partial charge is 0.0645 e. The predicted molar refractivity (Wildman–Crippen MR) is 169 cm³/mol. The summed E-state index contributed by atoms with van der Waals surface area (Å²) in [7, 11) is 0. The number of aromatic nitrogens is 1. The van der Waals surface area contributed by atoms with E-state index in [2.05, 4.69) is 102 Å². The lowest BCUT2D eigenvalue weighted by molar-refractivity contribution is 1.17. The molecule has 1 aliphatic carbocycles. The third-order valence-electron chi connectivity index (χ3n) is 8.61. The van der Waals surface area contributed by atoms with E-state index in [4.69, 9.17) is 1.37 Å². The molecular formula is C39H25N. The van der Waals surface area contributed by atoms with Gasteiger partial charge in [0.25, 0.3) is 0 Å². The van der Waals surface area contributed by atoms with Crippen molar-refractivity contribution in [3.63, 3.8) is 0 Å². The van der Waals surface area contributed by atoms with Crippen molar-refractivity contribution in [3.8, 4) is 27.9 Å². The molecule has 0 atom stereocenters. The van der Waals surface area contributed by atoms with E-state index in [1.165, 1.54) is 43.8 Å². The minimum Gasteiger partial charge on any atom is -0.309 e. The summed E-state index contributed by atoms with van der Waals surface area (Å²) in [5, 5.41) is 7.11. The second kappa shape index (κ2) is 8.18. The van der Waals surface area contributed by atoms with Gasteiger partial charge < -0.3 is 4.57 Å². The first-order chi connectivity index (χ1) is 20.7.